The number of likely N-dealkylation sites (N-methyl/N-ethyl adjacent to an activating group) is 1. The van der Waals surface area contributed by atoms with Gasteiger partial charge in [0.05, 0.1) is 19.3 Å². The third-order valence-electron chi connectivity index (χ3n) is 3.27. The van der Waals surface area contributed by atoms with Crippen LogP contribution in [-0.2, 0) is 0 Å². The molecule has 2 rings (SSSR count). The highest BCUT2D eigenvalue weighted by atomic mass is 79.9. The minimum Gasteiger partial charge on any atom is -0.497 e. The summed E-state index contributed by atoms with van der Waals surface area (Å²) in [6, 6.07) is 12.7. The molecule has 5 nitrogen and oxygen atoms in total. The fourth-order valence-corrected chi connectivity index (χ4v) is 2.58. The number of ether oxygens (including phenoxy) is 2. The summed E-state index contributed by atoms with van der Waals surface area (Å²) in [6.07, 6.45) is 0. The van der Waals surface area contributed by atoms with Gasteiger partial charge in [-0.3, -0.25) is 0 Å². The third kappa shape index (κ3) is 5.42. The number of carbonyl (C=O) groups is 1. The maximum atomic E-state index is 12.2. The molecule has 7 heteroatoms. The van der Waals surface area contributed by atoms with Crippen LogP contribution in [0.25, 0.3) is 0 Å². The van der Waals surface area contributed by atoms with Gasteiger partial charge in [-0.2, -0.15) is 0 Å². The Morgan fingerprint density at radius 2 is 1.79 bits per heavy atom. The quantitative estimate of drug-likeness (QED) is 0.680. The fraction of sp³-hybridized carbons (Fsp3) is 0.235. The zero-order valence-corrected chi connectivity index (χ0v) is 16.6. The van der Waals surface area contributed by atoms with Gasteiger partial charge in [0, 0.05) is 16.0 Å². The standard InChI is InChI=1S/C17H18Br2N2O3/c1-21(9-10-24-14-6-4-13(23-2)5-7-14)17(22)20-16-11-12(18)3-8-15(16)19/h3-8,11H,9-10H2,1-2H3,(H,20,22). The average molecular weight is 458 g/mol. The van der Waals surface area contributed by atoms with Crippen LogP contribution in [0.1, 0.15) is 0 Å². The summed E-state index contributed by atoms with van der Waals surface area (Å²) in [5.41, 5.74) is 0.706. The lowest BCUT2D eigenvalue weighted by atomic mass is 10.3. The Morgan fingerprint density at radius 1 is 1.12 bits per heavy atom. The SMILES string of the molecule is COc1ccc(OCCN(C)C(=O)Nc2cc(Br)ccc2Br)cc1. The van der Waals surface area contributed by atoms with E-state index in [0.717, 1.165) is 20.4 Å². The molecule has 0 fully saturated rings. The molecule has 0 aromatic heterocycles. The third-order valence-corrected chi connectivity index (χ3v) is 4.46. The van der Waals surface area contributed by atoms with Crippen molar-refractivity contribution in [1.82, 2.24) is 4.90 Å². The molecule has 0 radical (unpaired) electrons. The van der Waals surface area contributed by atoms with E-state index in [2.05, 4.69) is 37.2 Å². The minimum atomic E-state index is -0.202. The number of methoxy groups -OCH3 is 1. The molecule has 128 valence electrons. The molecule has 0 unspecified atom stereocenters. The van der Waals surface area contributed by atoms with Gasteiger partial charge >= 0.3 is 6.03 Å². The van der Waals surface area contributed by atoms with Crippen molar-refractivity contribution in [1.29, 1.82) is 0 Å². The van der Waals surface area contributed by atoms with Gasteiger partial charge in [0.25, 0.3) is 0 Å². The molecule has 0 saturated heterocycles. The lowest BCUT2D eigenvalue weighted by molar-refractivity contribution is 0.207. The maximum absolute atomic E-state index is 12.2. The van der Waals surface area contributed by atoms with Crippen molar-refractivity contribution in [2.45, 2.75) is 0 Å². The summed E-state index contributed by atoms with van der Waals surface area (Å²) in [7, 11) is 3.34. The van der Waals surface area contributed by atoms with Crippen molar-refractivity contribution in [3.63, 3.8) is 0 Å². The molecule has 2 aromatic rings. The average Bonchev–Trinajstić information content (AvgIpc) is 2.58. The van der Waals surface area contributed by atoms with Crippen molar-refractivity contribution in [3.8, 4) is 11.5 Å². The van der Waals surface area contributed by atoms with Gasteiger partial charge in [0.1, 0.15) is 18.1 Å². The lowest BCUT2D eigenvalue weighted by Crippen LogP contribution is -2.34. The van der Waals surface area contributed by atoms with Gasteiger partial charge in [-0.25, -0.2) is 4.79 Å². The van der Waals surface area contributed by atoms with Gasteiger partial charge in [0.15, 0.2) is 0 Å². The molecule has 0 aliphatic rings. The van der Waals surface area contributed by atoms with Crippen molar-refractivity contribution in [3.05, 3.63) is 51.4 Å². The van der Waals surface area contributed by atoms with Crippen LogP contribution in [0.4, 0.5) is 10.5 Å². The molecule has 2 aromatic carbocycles. The first-order valence-electron chi connectivity index (χ1n) is 7.23. The Kier molecular flexibility index (Phi) is 6.93. The molecule has 24 heavy (non-hydrogen) atoms. The molecule has 0 aliphatic heterocycles. The van der Waals surface area contributed by atoms with Gasteiger partial charge < -0.3 is 19.7 Å². The van der Waals surface area contributed by atoms with E-state index in [9.17, 15) is 4.79 Å². The van der Waals surface area contributed by atoms with E-state index in [1.54, 1.807) is 19.1 Å². The summed E-state index contributed by atoms with van der Waals surface area (Å²) < 4.78 is 12.4. The Labute approximate surface area is 158 Å². The van der Waals surface area contributed by atoms with E-state index in [1.165, 1.54) is 0 Å². The normalized spacial score (nSPS) is 10.2. The number of nitrogens with one attached hydrogen (secondary N) is 1. The van der Waals surface area contributed by atoms with Crippen LogP contribution in [0.2, 0.25) is 0 Å². The molecule has 0 heterocycles. The van der Waals surface area contributed by atoms with Crippen LogP contribution in [-0.4, -0.2) is 38.2 Å². The molecule has 0 saturated carbocycles. The Balaban J connectivity index is 1.81. The summed E-state index contributed by atoms with van der Waals surface area (Å²) in [5.74, 6) is 1.51. The second kappa shape index (κ2) is 8.94. The van der Waals surface area contributed by atoms with Crippen LogP contribution >= 0.6 is 31.9 Å². The summed E-state index contributed by atoms with van der Waals surface area (Å²) in [6.45, 7) is 0.861. The minimum absolute atomic E-state index is 0.202. The predicted octanol–water partition coefficient (Wildman–Crippen LogP) is 4.76. The van der Waals surface area contributed by atoms with Crippen LogP contribution in [0.15, 0.2) is 51.4 Å². The fourth-order valence-electron chi connectivity index (χ4n) is 1.88. The zero-order valence-electron chi connectivity index (χ0n) is 13.4. The number of rotatable bonds is 6. The maximum Gasteiger partial charge on any atom is 0.321 e. The van der Waals surface area contributed by atoms with E-state index in [0.29, 0.717) is 18.8 Å². The van der Waals surface area contributed by atoms with Crippen LogP contribution in [0.5, 0.6) is 11.5 Å². The van der Waals surface area contributed by atoms with Crippen LogP contribution in [0.3, 0.4) is 0 Å². The number of halogens is 2. The van der Waals surface area contributed by atoms with E-state index in [-0.39, 0.29) is 6.03 Å². The van der Waals surface area contributed by atoms with Crippen molar-refractivity contribution in [2.75, 3.05) is 32.6 Å². The number of carbonyl (C=O) groups excluding carboxylic acids is 1. The number of hydrogen-bond acceptors (Lipinski definition) is 3. The Bertz CT molecular complexity index is 693. The van der Waals surface area contributed by atoms with Crippen LogP contribution in [0, 0.1) is 0 Å². The largest absolute Gasteiger partial charge is 0.497 e. The molecular weight excluding hydrogens is 440 g/mol. The first kappa shape index (κ1) is 18.6. The molecule has 0 spiro atoms. The second-order valence-electron chi connectivity index (χ2n) is 5.00. The Morgan fingerprint density at radius 3 is 2.46 bits per heavy atom. The number of urea groups is 1. The summed E-state index contributed by atoms with van der Waals surface area (Å²) >= 11 is 6.80. The van der Waals surface area contributed by atoms with Crippen LogP contribution < -0.4 is 14.8 Å². The second-order valence-corrected chi connectivity index (χ2v) is 6.77. The lowest BCUT2D eigenvalue weighted by Gasteiger charge is -2.19. The van der Waals surface area contributed by atoms with E-state index >= 15 is 0 Å². The highest BCUT2D eigenvalue weighted by Crippen LogP contribution is 2.26. The van der Waals surface area contributed by atoms with Gasteiger partial charge in [-0.1, -0.05) is 15.9 Å². The molecule has 0 aliphatic carbocycles. The molecule has 2 amide bonds. The molecule has 0 atom stereocenters. The monoisotopic (exact) mass is 456 g/mol. The van der Waals surface area contributed by atoms with Crippen molar-refractivity contribution in [2.24, 2.45) is 0 Å². The smallest absolute Gasteiger partial charge is 0.321 e. The molecule has 0 bridgehead atoms. The summed E-state index contributed by atoms with van der Waals surface area (Å²) in [4.78, 5) is 13.8. The number of hydrogen-bond donors (Lipinski definition) is 1. The first-order valence-corrected chi connectivity index (χ1v) is 8.82. The highest BCUT2D eigenvalue weighted by Gasteiger charge is 2.11. The summed E-state index contributed by atoms with van der Waals surface area (Å²) in [5, 5.41) is 2.85. The van der Waals surface area contributed by atoms with E-state index in [1.807, 2.05) is 42.5 Å². The van der Waals surface area contributed by atoms with Gasteiger partial charge in [-0.05, 0) is 58.4 Å². The zero-order chi connectivity index (χ0) is 17.5. The Hall–Kier alpha value is -1.73. The topological polar surface area (TPSA) is 50.8 Å². The van der Waals surface area contributed by atoms with Gasteiger partial charge in [0.2, 0.25) is 0 Å². The number of nitrogens with zero attached hydrogens (tertiary/aromatic N) is 1. The molecular formula is C17H18Br2N2O3. The van der Waals surface area contributed by atoms with Crippen molar-refractivity contribution >= 4 is 43.6 Å². The molecule has 1 N–H and O–H groups in total. The predicted molar refractivity (Wildman–Crippen MR) is 102 cm³/mol. The van der Waals surface area contributed by atoms with E-state index in [4.69, 9.17) is 9.47 Å². The number of amides is 2. The van der Waals surface area contributed by atoms with E-state index < -0.39 is 0 Å². The van der Waals surface area contributed by atoms with Gasteiger partial charge in [-0.15, -0.1) is 0 Å². The number of anilines is 1. The first-order chi connectivity index (χ1) is 11.5. The van der Waals surface area contributed by atoms with Crippen molar-refractivity contribution < 1.29 is 14.3 Å². The highest BCUT2D eigenvalue weighted by molar-refractivity contribution is 9.11. The number of benzene rings is 2.